The molecule has 0 aliphatic heterocycles. The lowest BCUT2D eigenvalue weighted by atomic mass is 9.43. The molecular weight excluding hydrogens is 671 g/mol. The Kier molecular flexibility index (Phi) is 6.75. The molecule has 0 radical (unpaired) electrons. The molecule has 1 heterocycles. The molecule has 1 nitrogen and oxygen atoms in total. The smallest absolute Gasteiger partial charge is 0.0543 e. The summed E-state index contributed by atoms with van der Waals surface area (Å²) >= 11 is 1.90. The van der Waals surface area contributed by atoms with Crippen LogP contribution in [0.2, 0.25) is 0 Å². The summed E-state index contributed by atoms with van der Waals surface area (Å²) < 4.78 is 2.70. The molecule has 0 atom stereocenters. The summed E-state index contributed by atoms with van der Waals surface area (Å²) in [4.78, 5) is 2.58. The number of fused-ring (bicyclic) bond motifs is 6. The molecule has 0 amide bonds. The van der Waals surface area contributed by atoms with Crippen molar-refractivity contribution in [2.75, 3.05) is 4.90 Å². The highest BCUT2D eigenvalue weighted by molar-refractivity contribution is 7.26. The molecule has 54 heavy (non-hydrogen) atoms. The van der Waals surface area contributed by atoms with Crippen molar-refractivity contribution in [1.82, 2.24) is 0 Å². The predicted octanol–water partition coefficient (Wildman–Crippen LogP) is 14.6. The van der Waals surface area contributed by atoms with Gasteiger partial charge in [0.1, 0.15) is 0 Å². The van der Waals surface area contributed by atoms with Crippen LogP contribution >= 0.6 is 11.3 Å². The van der Waals surface area contributed by atoms with Crippen LogP contribution in [0, 0.1) is 23.7 Å². The molecule has 4 saturated carbocycles. The number of hydrogen-bond donors (Lipinski definition) is 0. The van der Waals surface area contributed by atoms with E-state index in [0.717, 1.165) is 23.7 Å². The van der Waals surface area contributed by atoms with Gasteiger partial charge in [0.15, 0.2) is 0 Å². The molecule has 8 aromatic rings. The molecule has 2 heteroatoms. The Morgan fingerprint density at radius 3 is 1.85 bits per heavy atom. The molecule has 0 saturated heterocycles. The zero-order valence-corrected chi connectivity index (χ0v) is 31.1. The molecule has 260 valence electrons. The summed E-state index contributed by atoms with van der Waals surface area (Å²) in [5, 5.41) is 2.68. The third-order valence-electron chi connectivity index (χ3n) is 13.9. The molecule has 1 aromatic heterocycles. The molecule has 5 aliphatic rings. The predicted molar refractivity (Wildman–Crippen MR) is 228 cm³/mol. The highest BCUT2D eigenvalue weighted by Gasteiger charge is 2.61. The lowest BCUT2D eigenvalue weighted by Gasteiger charge is -2.61. The van der Waals surface area contributed by atoms with E-state index in [2.05, 4.69) is 169 Å². The molecule has 13 rings (SSSR count). The second-order valence-electron chi connectivity index (χ2n) is 16.5. The van der Waals surface area contributed by atoms with E-state index >= 15 is 0 Å². The maximum Gasteiger partial charge on any atom is 0.0543 e. The van der Waals surface area contributed by atoms with E-state index in [-0.39, 0.29) is 5.41 Å². The monoisotopic (exact) mass is 711 g/mol. The maximum atomic E-state index is 2.58. The summed E-state index contributed by atoms with van der Waals surface area (Å²) in [6, 6.07) is 61.8. The van der Waals surface area contributed by atoms with Crippen LogP contribution in [0.15, 0.2) is 164 Å². The Morgan fingerprint density at radius 2 is 1.04 bits per heavy atom. The fourth-order valence-electron chi connectivity index (χ4n) is 12.1. The lowest BCUT2D eigenvalue weighted by Crippen LogP contribution is -2.55. The number of rotatable bonds is 5. The first-order chi connectivity index (χ1) is 26.8. The molecule has 4 fully saturated rings. The van der Waals surface area contributed by atoms with Crippen molar-refractivity contribution >= 4 is 48.6 Å². The van der Waals surface area contributed by atoms with Crippen molar-refractivity contribution in [3.05, 3.63) is 175 Å². The molecule has 7 aromatic carbocycles. The van der Waals surface area contributed by atoms with Crippen LogP contribution in [0.5, 0.6) is 0 Å². The average molecular weight is 712 g/mol. The van der Waals surface area contributed by atoms with E-state index in [1.165, 1.54) is 103 Å². The van der Waals surface area contributed by atoms with Crippen molar-refractivity contribution in [3.63, 3.8) is 0 Å². The van der Waals surface area contributed by atoms with Gasteiger partial charge in [0.2, 0.25) is 0 Å². The van der Waals surface area contributed by atoms with Gasteiger partial charge in [0.25, 0.3) is 0 Å². The highest BCUT2D eigenvalue weighted by Crippen LogP contribution is 2.70. The van der Waals surface area contributed by atoms with Crippen molar-refractivity contribution < 1.29 is 0 Å². The largest absolute Gasteiger partial charge is 0.309 e. The van der Waals surface area contributed by atoms with Crippen LogP contribution in [0.25, 0.3) is 53.6 Å². The van der Waals surface area contributed by atoms with Gasteiger partial charge in [-0.05, 0) is 119 Å². The van der Waals surface area contributed by atoms with E-state index in [4.69, 9.17) is 0 Å². The first-order valence-corrected chi connectivity index (χ1v) is 20.8. The molecule has 5 aliphatic carbocycles. The minimum absolute atomic E-state index is 0.118. The fraction of sp³-hybridized carbons (Fsp3) is 0.192. The van der Waals surface area contributed by atoms with Crippen LogP contribution in [0.1, 0.15) is 43.2 Å². The van der Waals surface area contributed by atoms with Gasteiger partial charge in [0.05, 0.1) is 11.4 Å². The van der Waals surface area contributed by atoms with Crippen LogP contribution < -0.4 is 4.90 Å². The Labute approximate surface area is 321 Å². The minimum Gasteiger partial charge on any atom is -0.309 e. The van der Waals surface area contributed by atoms with E-state index < -0.39 is 0 Å². The Balaban J connectivity index is 1.07. The maximum absolute atomic E-state index is 2.58. The van der Waals surface area contributed by atoms with Crippen LogP contribution in [0.4, 0.5) is 17.1 Å². The SMILES string of the molecule is c1ccc(-c2ccccc2N(c2ccc(-c3cccc4c3sc3ccccc34)cc2)c2cccc3c2-c2ccccc2C32C3CC4CC(C3)CC2C4)cc1. The van der Waals surface area contributed by atoms with Gasteiger partial charge < -0.3 is 4.90 Å². The molecule has 0 N–H and O–H groups in total. The van der Waals surface area contributed by atoms with Gasteiger partial charge in [0, 0.05) is 42.4 Å². The normalized spacial score (nSPS) is 23.3. The summed E-state index contributed by atoms with van der Waals surface area (Å²) in [5.41, 5.74) is 14.9. The summed E-state index contributed by atoms with van der Waals surface area (Å²) in [5.74, 6) is 3.30. The van der Waals surface area contributed by atoms with Crippen molar-refractivity contribution in [1.29, 1.82) is 0 Å². The van der Waals surface area contributed by atoms with E-state index in [1.807, 2.05) is 11.3 Å². The van der Waals surface area contributed by atoms with Gasteiger partial charge in [-0.25, -0.2) is 0 Å². The van der Waals surface area contributed by atoms with E-state index in [1.54, 1.807) is 11.1 Å². The fourth-order valence-corrected chi connectivity index (χ4v) is 13.3. The molecule has 0 unspecified atom stereocenters. The van der Waals surface area contributed by atoms with Gasteiger partial charge in [-0.15, -0.1) is 11.3 Å². The van der Waals surface area contributed by atoms with Crippen molar-refractivity contribution in [3.8, 4) is 33.4 Å². The summed E-state index contributed by atoms with van der Waals surface area (Å²) in [6.07, 6.45) is 7.02. The van der Waals surface area contributed by atoms with Gasteiger partial charge >= 0.3 is 0 Å². The van der Waals surface area contributed by atoms with Crippen LogP contribution in [-0.4, -0.2) is 0 Å². The second-order valence-corrected chi connectivity index (χ2v) is 17.5. The number of thiophene rings is 1. The third kappa shape index (κ3) is 4.32. The molecule has 1 spiro atoms. The number of para-hydroxylation sites is 1. The topological polar surface area (TPSA) is 3.24 Å². The van der Waals surface area contributed by atoms with Crippen molar-refractivity contribution in [2.24, 2.45) is 23.7 Å². The molecular formula is C52H41NS. The van der Waals surface area contributed by atoms with Crippen LogP contribution in [-0.2, 0) is 5.41 Å². The standard InChI is InChI=1S/C52H41NS/c1-2-12-35(13-3-1)40-14-5-8-21-47(40)53(39-26-24-36(25-27-39)41-17-10-18-43-42-15-6-9-23-49(42)54-51(41)43)48-22-11-20-46-50(48)44-16-4-7-19-45(44)52(46)37-29-33-28-34(31-37)32-38(52)30-33/h1-27,33-34,37-38H,28-32H2. The average Bonchev–Trinajstić information content (AvgIpc) is 3.75. The summed E-state index contributed by atoms with van der Waals surface area (Å²) in [6.45, 7) is 0. The zero-order chi connectivity index (χ0) is 35.4. The van der Waals surface area contributed by atoms with Gasteiger partial charge in [-0.2, -0.15) is 0 Å². The Morgan fingerprint density at radius 1 is 0.444 bits per heavy atom. The Hall–Kier alpha value is -5.44. The number of hydrogen-bond acceptors (Lipinski definition) is 2. The third-order valence-corrected chi connectivity index (χ3v) is 15.1. The van der Waals surface area contributed by atoms with Crippen molar-refractivity contribution in [2.45, 2.75) is 37.5 Å². The van der Waals surface area contributed by atoms with E-state index in [0.29, 0.717) is 0 Å². The number of anilines is 3. The summed E-state index contributed by atoms with van der Waals surface area (Å²) in [7, 11) is 0. The second kappa shape index (κ2) is 11.8. The first kappa shape index (κ1) is 31.0. The quantitative estimate of drug-likeness (QED) is 0.172. The Bertz CT molecular complexity index is 2710. The first-order valence-electron chi connectivity index (χ1n) is 19.9. The van der Waals surface area contributed by atoms with Gasteiger partial charge in [-0.1, -0.05) is 133 Å². The molecule has 4 bridgehead atoms. The number of benzene rings is 7. The van der Waals surface area contributed by atoms with E-state index in [9.17, 15) is 0 Å². The zero-order valence-electron chi connectivity index (χ0n) is 30.3. The minimum atomic E-state index is 0.118. The highest BCUT2D eigenvalue weighted by atomic mass is 32.1. The van der Waals surface area contributed by atoms with Crippen LogP contribution in [0.3, 0.4) is 0 Å². The number of nitrogens with zero attached hydrogens (tertiary/aromatic N) is 1. The van der Waals surface area contributed by atoms with Gasteiger partial charge in [-0.3, -0.25) is 0 Å². The lowest BCUT2D eigenvalue weighted by molar-refractivity contribution is -0.0399.